The van der Waals surface area contributed by atoms with E-state index in [0.717, 1.165) is 0 Å². The summed E-state index contributed by atoms with van der Waals surface area (Å²) in [6, 6.07) is 8.37. The zero-order valence-corrected chi connectivity index (χ0v) is 11.7. The van der Waals surface area contributed by atoms with Gasteiger partial charge in [-0.2, -0.15) is 0 Å². The molecular weight excluding hydrogens is 236 g/mol. The molecule has 3 heteroatoms. The molecule has 1 fully saturated rings. The lowest BCUT2D eigenvalue weighted by atomic mass is 10.0. The second-order valence-electron chi connectivity index (χ2n) is 6.29. The Bertz CT molecular complexity index is 654. The molecule has 1 aliphatic carbocycles. The third kappa shape index (κ3) is 1.76. The SMILES string of the molecule is Cc1[nH]c2ccccc2c1[C@@H]1[C@@H](CC(N)=O)C1(C)C. The van der Waals surface area contributed by atoms with Gasteiger partial charge in [-0.3, -0.25) is 4.79 Å². The Hall–Kier alpha value is -1.77. The van der Waals surface area contributed by atoms with Crippen molar-refractivity contribution in [2.24, 2.45) is 17.1 Å². The van der Waals surface area contributed by atoms with Crippen molar-refractivity contribution in [2.45, 2.75) is 33.1 Å². The number of aryl methyl sites for hydroxylation is 1. The molecule has 3 nitrogen and oxygen atoms in total. The van der Waals surface area contributed by atoms with Gasteiger partial charge in [0, 0.05) is 23.0 Å². The zero-order chi connectivity index (χ0) is 13.8. The normalized spacial score (nSPS) is 24.6. The third-order valence-corrected chi connectivity index (χ3v) is 4.73. The number of fused-ring (bicyclic) bond motifs is 1. The molecule has 0 saturated heterocycles. The molecule has 0 aliphatic heterocycles. The van der Waals surface area contributed by atoms with Gasteiger partial charge in [0.25, 0.3) is 0 Å². The van der Waals surface area contributed by atoms with Gasteiger partial charge >= 0.3 is 0 Å². The highest BCUT2D eigenvalue weighted by Gasteiger charge is 2.59. The van der Waals surface area contributed by atoms with Gasteiger partial charge in [-0.15, -0.1) is 0 Å². The first-order chi connectivity index (χ1) is 8.93. The van der Waals surface area contributed by atoms with Crippen LogP contribution in [0.5, 0.6) is 0 Å². The van der Waals surface area contributed by atoms with Crippen LogP contribution in [-0.2, 0) is 4.79 Å². The summed E-state index contributed by atoms with van der Waals surface area (Å²) < 4.78 is 0. The van der Waals surface area contributed by atoms with Crippen molar-refractivity contribution >= 4 is 16.8 Å². The summed E-state index contributed by atoms with van der Waals surface area (Å²) in [6.07, 6.45) is 0.483. The first-order valence-electron chi connectivity index (χ1n) is 6.78. The summed E-state index contributed by atoms with van der Waals surface area (Å²) in [7, 11) is 0. The van der Waals surface area contributed by atoms with Gasteiger partial charge in [0.05, 0.1) is 0 Å². The second-order valence-corrected chi connectivity index (χ2v) is 6.29. The lowest BCUT2D eigenvalue weighted by molar-refractivity contribution is -0.118. The minimum absolute atomic E-state index is 0.157. The molecule has 0 spiro atoms. The minimum Gasteiger partial charge on any atom is -0.370 e. The molecule has 1 saturated carbocycles. The van der Waals surface area contributed by atoms with Gasteiger partial charge < -0.3 is 10.7 Å². The minimum atomic E-state index is -0.196. The molecule has 1 amide bonds. The van der Waals surface area contributed by atoms with E-state index in [1.807, 2.05) is 6.07 Å². The highest BCUT2D eigenvalue weighted by Crippen LogP contribution is 2.67. The zero-order valence-electron chi connectivity index (χ0n) is 11.7. The number of aromatic nitrogens is 1. The van der Waals surface area contributed by atoms with Crippen LogP contribution in [0.15, 0.2) is 24.3 Å². The van der Waals surface area contributed by atoms with E-state index in [9.17, 15) is 4.79 Å². The smallest absolute Gasteiger partial charge is 0.217 e. The van der Waals surface area contributed by atoms with Gasteiger partial charge in [-0.25, -0.2) is 0 Å². The van der Waals surface area contributed by atoms with Crippen LogP contribution in [0.25, 0.3) is 10.9 Å². The topological polar surface area (TPSA) is 58.9 Å². The van der Waals surface area contributed by atoms with Crippen LogP contribution in [-0.4, -0.2) is 10.9 Å². The fourth-order valence-electron chi connectivity index (χ4n) is 3.61. The predicted octanol–water partition coefficient (Wildman–Crippen LogP) is 3.09. The van der Waals surface area contributed by atoms with Crippen molar-refractivity contribution in [2.75, 3.05) is 0 Å². The summed E-state index contributed by atoms with van der Waals surface area (Å²) in [5, 5.41) is 1.28. The molecule has 3 rings (SSSR count). The molecule has 100 valence electrons. The number of primary amides is 1. The van der Waals surface area contributed by atoms with Gasteiger partial charge in [0.15, 0.2) is 0 Å². The van der Waals surface area contributed by atoms with Crippen molar-refractivity contribution in [3.63, 3.8) is 0 Å². The fourth-order valence-corrected chi connectivity index (χ4v) is 3.61. The highest BCUT2D eigenvalue weighted by atomic mass is 16.1. The first-order valence-corrected chi connectivity index (χ1v) is 6.78. The standard InChI is InChI=1S/C16H20N2O/c1-9-14(10-6-4-5-7-12(10)18-9)15-11(8-13(17)19)16(15,2)3/h4-7,11,15,18H,8H2,1-3H3,(H2,17,19)/t11-,15+/m1/s1. The number of hydrogen-bond donors (Lipinski definition) is 2. The molecule has 2 atom stereocenters. The maximum atomic E-state index is 11.2. The second kappa shape index (κ2) is 3.86. The molecule has 2 aromatic rings. The van der Waals surface area contributed by atoms with Crippen LogP contribution in [0.1, 0.15) is 37.4 Å². The van der Waals surface area contributed by atoms with Crippen molar-refractivity contribution < 1.29 is 4.79 Å². The van der Waals surface area contributed by atoms with E-state index < -0.39 is 0 Å². The Morgan fingerprint density at radius 3 is 2.74 bits per heavy atom. The summed E-state index contributed by atoms with van der Waals surface area (Å²) in [5.41, 5.74) is 9.29. The number of carbonyl (C=O) groups excluding carboxylic acids is 1. The van der Waals surface area contributed by atoms with Crippen LogP contribution in [0.2, 0.25) is 0 Å². The molecule has 1 heterocycles. The largest absolute Gasteiger partial charge is 0.370 e. The third-order valence-electron chi connectivity index (χ3n) is 4.73. The number of hydrogen-bond acceptors (Lipinski definition) is 1. The van der Waals surface area contributed by atoms with E-state index in [0.29, 0.717) is 18.3 Å². The molecule has 0 unspecified atom stereocenters. The molecule has 19 heavy (non-hydrogen) atoms. The van der Waals surface area contributed by atoms with Crippen molar-refractivity contribution in [3.8, 4) is 0 Å². The number of H-pyrrole nitrogens is 1. The first kappa shape index (κ1) is 12.3. The highest BCUT2D eigenvalue weighted by molar-refractivity contribution is 5.86. The van der Waals surface area contributed by atoms with Crippen molar-refractivity contribution in [3.05, 3.63) is 35.5 Å². The summed E-state index contributed by atoms with van der Waals surface area (Å²) in [5.74, 6) is 0.595. The molecule has 0 radical (unpaired) electrons. The number of aromatic amines is 1. The summed E-state index contributed by atoms with van der Waals surface area (Å²) >= 11 is 0. The molecule has 0 bridgehead atoms. The van der Waals surface area contributed by atoms with E-state index in [2.05, 4.69) is 44.0 Å². The maximum Gasteiger partial charge on any atom is 0.217 e. The Balaban J connectivity index is 2.06. The number of rotatable bonds is 3. The van der Waals surface area contributed by atoms with E-state index in [1.54, 1.807) is 0 Å². The fraction of sp³-hybridized carbons (Fsp3) is 0.438. The maximum absolute atomic E-state index is 11.2. The van der Waals surface area contributed by atoms with Gasteiger partial charge in [0.2, 0.25) is 5.91 Å². The molecule has 1 aromatic heterocycles. The number of amides is 1. The molecule has 3 N–H and O–H groups in total. The Kier molecular flexibility index (Phi) is 2.49. The van der Waals surface area contributed by atoms with Crippen LogP contribution in [0, 0.1) is 18.3 Å². The van der Waals surface area contributed by atoms with Crippen LogP contribution in [0.4, 0.5) is 0 Å². The van der Waals surface area contributed by atoms with Gasteiger partial charge in [-0.1, -0.05) is 32.0 Å². The Morgan fingerprint density at radius 1 is 1.37 bits per heavy atom. The van der Waals surface area contributed by atoms with Crippen LogP contribution < -0.4 is 5.73 Å². The van der Waals surface area contributed by atoms with Crippen LogP contribution >= 0.6 is 0 Å². The lowest BCUT2D eigenvalue weighted by Crippen LogP contribution is -2.12. The van der Waals surface area contributed by atoms with E-state index >= 15 is 0 Å². The van der Waals surface area contributed by atoms with Crippen molar-refractivity contribution in [1.82, 2.24) is 4.98 Å². The summed E-state index contributed by atoms with van der Waals surface area (Å²) in [4.78, 5) is 14.7. The Morgan fingerprint density at radius 2 is 2.05 bits per heavy atom. The number of para-hydroxylation sites is 1. The lowest BCUT2D eigenvalue weighted by Gasteiger charge is -2.03. The van der Waals surface area contributed by atoms with Gasteiger partial charge in [-0.05, 0) is 35.8 Å². The van der Waals surface area contributed by atoms with E-state index in [-0.39, 0.29) is 11.3 Å². The van der Waals surface area contributed by atoms with E-state index in [4.69, 9.17) is 5.73 Å². The van der Waals surface area contributed by atoms with Gasteiger partial charge in [0.1, 0.15) is 0 Å². The van der Waals surface area contributed by atoms with Crippen molar-refractivity contribution in [1.29, 1.82) is 0 Å². The monoisotopic (exact) mass is 256 g/mol. The van der Waals surface area contributed by atoms with Crippen LogP contribution in [0.3, 0.4) is 0 Å². The number of benzene rings is 1. The number of carbonyl (C=O) groups is 1. The number of nitrogens with one attached hydrogen (secondary N) is 1. The quantitative estimate of drug-likeness (QED) is 0.871. The molecular formula is C16H20N2O. The molecule has 1 aromatic carbocycles. The number of nitrogens with two attached hydrogens (primary N) is 1. The summed E-state index contributed by atoms with van der Waals surface area (Å²) in [6.45, 7) is 6.57. The molecule has 1 aliphatic rings. The van der Waals surface area contributed by atoms with E-state index in [1.165, 1.54) is 22.2 Å². The average Bonchev–Trinajstić information content (AvgIpc) is 2.69. The Labute approximate surface area is 113 Å². The average molecular weight is 256 g/mol. The predicted molar refractivity (Wildman–Crippen MR) is 76.9 cm³/mol.